The molecule has 2 N–H and O–H groups in total. The number of benzene rings is 1. The maximum Gasteiger partial charge on any atom is 0.405 e. The summed E-state index contributed by atoms with van der Waals surface area (Å²) in [5.41, 5.74) is 9.62. The first kappa shape index (κ1) is 36.6. The molecule has 2 rings (SSSR count). The van der Waals surface area contributed by atoms with Gasteiger partial charge in [0.1, 0.15) is 17.1 Å². The number of hydrogen-bond donors (Lipinski definition) is 1. The topological polar surface area (TPSA) is 70.8 Å². The number of carbonyl (C=O) groups excluding carboxylic acids is 1. The first-order chi connectivity index (χ1) is 18.5. The SMILES string of the molecule is C=C(CC)[C@@H]1CCC(C)=CC1c1c(OC)cc(CCCCC)cc1OCCCC.CC.CC(C)(C)OC(N)=O. The molecule has 5 nitrogen and oxygen atoms in total. The zero-order valence-electron chi connectivity index (χ0n) is 26.9. The maximum absolute atomic E-state index is 10.0. The number of carbonyl (C=O) groups is 1. The van der Waals surface area contributed by atoms with E-state index < -0.39 is 11.7 Å². The van der Waals surface area contributed by atoms with E-state index in [4.69, 9.17) is 15.2 Å². The smallest absolute Gasteiger partial charge is 0.405 e. The van der Waals surface area contributed by atoms with Gasteiger partial charge in [0, 0.05) is 11.5 Å². The van der Waals surface area contributed by atoms with Gasteiger partial charge in [-0.1, -0.05) is 77.7 Å². The second-order valence-corrected chi connectivity index (χ2v) is 11.1. The molecule has 1 unspecified atom stereocenters. The molecule has 1 amide bonds. The predicted octanol–water partition coefficient (Wildman–Crippen LogP) is 9.92. The number of primary amides is 1. The monoisotopic (exact) mass is 545 g/mol. The van der Waals surface area contributed by atoms with Crippen LogP contribution in [0.25, 0.3) is 0 Å². The van der Waals surface area contributed by atoms with Crippen LogP contribution in [0.15, 0.2) is 35.9 Å². The quantitative estimate of drug-likeness (QED) is 0.209. The highest BCUT2D eigenvalue weighted by atomic mass is 16.6. The molecule has 1 aromatic rings. The van der Waals surface area contributed by atoms with Crippen LogP contribution in [-0.4, -0.2) is 25.4 Å². The Kier molecular flexibility index (Phi) is 18.4. The summed E-state index contributed by atoms with van der Waals surface area (Å²) in [6.07, 6.45) is 12.1. The van der Waals surface area contributed by atoms with Crippen molar-refractivity contribution in [1.82, 2.24) is 0 Å². The fourth-order valence-electron chi connectivity index (χ4n) is 4.70. The number of methoxy groups -OCH3 is 1. The van der Waals surface area contributed by atoms with Gasteiger partial charge in [-0.25, -0.2) is 4.79 Å². The van der Waals surface area contributed by atoms with E-state index in [0.29, 0.717) is 5.92 Å². The molecular formula is C34H59NO4. The normalized spacial score (nSPS) is 16.5. The Labute approximate surface area is 240 Å². The molecule has 1 aliphatic rings. The van der Waals surface area contributed by atoms with Crippen LogP contribution in [0.3, 0.4) is 0 Å². The van der Waals surface area contributed by atoms with Gasteiger partial charge in [-0.3, -0.25) is 0 Å². The van der Waals surface area contributed by atoms with Crippen molar-refractivity contribution in [2.45, 2.75) is 132 Å². The van der Waals surface area contributed by atoms with Crippen LogP contribution in [0.4, 0.5) is 4.79 Å². The zero-order chi connectivity index (χ0) is 30.0. The standard InChI is InChI=1S/C27H42O2.C5H11NO2.C2H6/c1-7-10-12-13-22-18-25(28-6)27(26(19-22)29-16-11-8-2)24-17-20(4)14-15-23(24)21(5)9-3;1-5(2,3)8-4(6)7;1-2/h17-19,23-24H,5,7-16H2,1-4,6H3;1-3H3,(H2,6,7);1-2H3/t23-,24?;;/m0../s1. The van der Waals surface area contributed by atoms with Gasteiger partial charge >= 0.3 is 6.09 Å². The van der Waals surface area contributed by atoms with E-state index in [1.165, 1.54) is 41.5 Å². The van der Waals surface area contributed by atoms with Crippen molar-refractivity contribution in [2.24, 2.45) is 11.7 Å². The van der Waals surface area contributed by atoms with Gasteiger partial charge in [0.2, 0.25) is 0 Å². The van der Waals surface area contributed by atoms with E-state index in [1.807, 2.05) is 13.8 Å². The van der Waals surface area contributed by atoms with Crippen molar-refractivity contribution in [1.29, 1.82) is 0 Å². The number of ether oxygens (including phenoxy) is 3. The largest absolute Gasteiger partial charge is 0.496 e. The van der Waals surface area contributed by atoms with Crippen LogP contribution >= 0.6 is 0 Å². The van der Waals surface area contributed by atoms with Gasteiger partial charge in [-0.05, 0) is 89.8 Å². The minimum Gasteiger partial charge on any atom is -0.496 e. The number of rotatable bonds is 12. The van der Waals surface area contributed by atoms with E-state index in [-0.39, 0.29) is 5.92 Å². The summed E-state index contributed by atoms with van der Waals surface area (Å²) in [5, 5.41) is 0. The Bertz CT molecular complexity index is 882. The average molecular weight is 546 g/mol. The van der Waals surface area contributed by atoms with E-state index in [0.717, 1.165) is 56.6 Å². The lowest BCUT2D eigenvalue weighted by atomic mass is 9.72. The highest BCUT2D eigenvalue weighted by Gasteiger charge is 2.31. The van der Waals surface area contributed by atoms with Gasteiger partial charge in [0.25, 0.3) is 0 Å². The van der Waals surface area contributed by atoms with E-state index >= 15 is 0 Å². The van der Waals surface area contributed by atoms with Crippen LogP contribution in [0, 0.1) is 5.92 Å². The molecule has 5 heteroatoms. The van der Waals surface area contributed by atoms with E-state index in [2.05, 4.69) is 57.2 Å². The van der Waals surface area contributed by atoms with Crippen molar-refractivity contribution in [3.05, 3.63) is 47.1 Å². The highest BCUT2D eigenvalue weighted by molar-refractivity contribution is 5.65. The Morgan fingerprint density at radius 2 is 1.67 bits per heavy atom. The van der Waals surface area contributed by atoms with Gasteiger partial charge < -0.3 is 19.9 Å². The van der Waals surface area contributed by atoms with Crippen molar-refractivity contribution in [3.63, 3.8) is 0 Å². The molecule has 1 aromatic carbocycles. The Balaban J connectivity index is 0.00000124. The van der Waals surface area contributed by atoms with Gasteiger partial charge in [0.15, 0.2) is 0 Å². The van der Waals surface area contributed by atoms with E-state index in [9.17, 15) is 4.79 Å². The third-order valence-electron chi connectivity index (χ3n) is 6.67. The van der Waals surface area contributed by atoms with Crippen LogP contribution in [0.1, 0.15) is 131 Å². The molecule has 1 aliphatic carbocycles. The lowest BCUT2D eigenvalue weighted by Crippen LogP contribution is -2.27. The summed E-state index contributed by atoms with van der Waals surface area (Å²) in [4.78, 5) is 10.0. The number of hydrogen-bond acceptors (Lipinski definition) is 4. The number of amides is 1. The lowest BCUT2D eigenvalue weighted by Gasteiger charge is -2.33. The number of nitrogens with two attached hydrogens (primary N) is 1. The van der Waals surface area contributed by atoms with Gasteiger partial charge in [0.05, 0.1) is 13.7 Å². The fourth-order valence-corrected chi connectivity index (χ4v) is 4.70. The molecule has 2 atom stereocenters. The fraction of sp³-hybridized carbons (Fsp3) is 0.676. The van der Waals surface area contributed by atoms with Crippen LogP contribution in [0.5, 0.6) is 11.5 Å². The molecular weight excluding hydrogens is 486 g/mol. The Morgan fingerprint density at radius 3 is 2.15 bits per heavy atom. The summed E-state index contributed by atoms with van der Waals surface area (Å²) >= 11 is 0. The van der Waals surface area contributed by atoms with Crippen molar-refractivity contribution in [2.75, 3.05) is 13.7 Å². The lowest BCUT2D eigenvalue weighted by molar-refractivity contribution is 0.0600. The number of allylic oxidation sites excluding steroid dienone is 3. The molecule has 0 bridgehead atoms. The summed E-state index contributed by atoms with van der Waals surface area (Å²) in [5.74, 6) is 2.74. The molecule has 0 heterocycles. The summed E-state index contributed by atoms with van der Waals surface area (Å²) < 4.78 is 16.9. The van der Waals surface area contributed by atoms with Crippen LogP contribution < -0.4 is 15.2 Å². The van der Waals surface area contributed by atoms with Crippen LogP contribution in [-0.2, 0) is 11.2 Å². The third kappa shape index (κ3) is 14.0. The molecule has 0 aliphatic heterocycles. The minimum absolute atomic E-state index is 0.285. The van der Waals surface area contributed by atoms with E-state index in [1.54, 1.807) is 27.9 Å². The second kappa shape index (κ2) is 19.6. The molecule has 0 radical (unpaired) electrons. The molecule has 0 aromatic heterocycles. The third-order valence-corrected chi connectivity index (χ3v) is 6.67. The number of aryl methyl sites for hydroxylation is 1. The minimum atomic E-state index is -0.725. The maximum atomic E-state index is 10.0. The van der Waals surface area contributed by atoms with Crippen molar-refractivity contribution >= 4 is 6.09 Å². The first-order valence-corrected chi connectivity index (χ1v) is 15.1. The Morgan fingerprint density at radius 1 is 1.05 bits per heavy atom. The summed E-state index contributed by atoms with van der Waals surface area (Å²) in [6.45, 7) is 23.4. The number of unbranched alkanes of at least 4 members (excludes halogenated alkanes) is 3. The Hall–Kier alpha value is -2.43. The zero-order valence-corrected chi connectivity index (χ0v) is 26.9. The van der Waals surface area contributed by atoms with Gasteiger partial charge in [-0.15, -0.1) is 0 Å². The predicted molar refractivity (Wildman–Crippen MR) is 167 cm³/mol. The molecule has 224 valence electrons. The molecule has 0 fully saturated rings. The average Bonchev–Trinajstić information content (AvgIpc) is 2.88. The summed E-state index contributed by atoms with van der Waals surface area (Å²) in [6, 6.07) is 4.54. The molecule has 0 saturated heterocycles. The van der Waals surface area contributed by atoms with Gasteiger partial charge in [-0.2, -0.15) is 0 Å². The van der Waals surface area contributed by atoms with Crippen molar-refractivity contribution in [3.8, 4) is 11.5 Å². The second-order valence-electron chi connectivity index (χ2n) is 11.1. The summed E-state index contributed by atoms with van der Waals surface area (Å²) in [7, 11) is 1.80. The molecule has 39 heavy (non-hydrogen) atoms. The van der Waals surface area contributed by atoms with Crippen LogP contribution in [0.2, 0.25) is 0 Å². The highest BCUT2D eigenvalue weighted by Crippen LogP contribution is 2.47. The molecule has 0 saturated carbocycles. The van der Waals surface area contributed by atoms with Crippen molar-refractivity contribution < 1.29 is 19.0 Å². The molecule has 0 spiro atoms. The first-order valence-electron chi connectivity index (χ1n) is 15.1.